The van der Waals surface area contributed by atoms with E-state index >= 15 is 0 Å². The van der Waals surface area contributed by atoms with Gasteiger partial charge in [0, 0.05) is 23.8 Å². The summed E-state index contributed by atoms with van der Waals surface area (Å²) in [5.41, 5.74) is 2.92. The van der Waals surface area contributed by atoms with Crippen LogP contribution in [0, 0.1) is 0 Å². The highest BCUT2D eigenvalue weighted by atomic mass is 32.1. The van der Waals surface area contributed by atoms with Crippen LogP contribution in [-0.4, -0.2) is 12.5 Å². The van der Waals surface area contributed by atoms with Crippen molar-refractivity contribution in [3.8, 4) is 0 Å². The van der Waals surface area contributed by atoms with Crippen molar-refractivity contribution in [3.63, 3.8) is 0 Å². The second kappa shape index (κ2) is 7.10. The van der Waals surface area contributed by atoms with E-state index in [2.05, 4.69) is 34.4 Å². The fourth-order valence-corrected chi connectivity index (χ4v) is 2.70. The van der Waals surface area contributed by atoms with Crippen LogP contribution in [0.15, 0.2) is 41.1 Å². The van der Waals surface area contributed by atoms with Crippen molar-refractivity contribution in [2.45, 2.75) is 26.3 Å². The van der Waals surface area contributed by atoms with Crippen LogP contribution in [-0.2, 0) is 0 Å². The van der Waals surface area contributed by atoms with Crippen LogP contribution in [0.4, 0.5) is 5.69 Å². The Morgan fingerprint density at radius 2 is 2.20 bits per heavy atom. The summed E-state index contributed by atoms with van der Waals surface area (Å²) in [5.74, 6) is -0.0151. The topological polar surface area (TPSA) is 41.1 Å². The van der Waals surface area contributed by atoms with E-state index in [1.165, 1.54) is 5.56 Å². The molecule has 106 valence electrons. The van der Waals surface area contributed by atoms with Gasteiger partial charge in [0.15, 0.2) is 0 Å². The Hall–Kier alpha value is -1.81. The van der Waals surface area contributed by atoms with Gasteiger partial charge in [0.2, 0.25) is 0 Å². The summed E-state index contributed by atoms with van der Waals surface area (Å²) in [6, 6.07) is 9.97. The fraction of sp³-hybridized carbons (Fsp3) is 0.312. The molecule has 0 saturated heterocycles. The molecule has 0 saturated carbocycles. The first-order chi connectivity index (χ1) is 9.70. The van der Waals surface area contributed by atoms with Gasteiger partial charge < -0.3 is 10.6 Å². The van der Waals surface area contributed by atoms with Crippen molar-refractivity contribution in [1.29, 1.82) is 0 Å². The van der Waals surface area contributed by atoms with Gasteiger partial charge in [-0.25, -0.2) is 0 Å². The third kappa shape index (κ3) is 3.84. The molecule has 1 aromatic carbocycles. The van der Waals surface area contributed by atoms with Crippen molar-refractivity contribution in [2.24, 2.45) is 0 Å². The number of hydrogen-bond donors (Lipinski definition) is 2. The Labute approximate surface area is 124 Å². The molecular weight excluding hydrogens is 268 g/mol. The van der Waals surface area contributed by atoms with Crippen molar-refractivity contribution < 1.29 is 4.79 Å². The molecule has 1 aromatic heterocycles. The third-order valence-electron chi connectivity index (χ3n) is 3.09. The smallest absolute Gasteiger partial charge is 0.251 e. The van der Waals surface area contributed by atoms with E-state index in [9.17, 15) is 4.79 Å². The molecule has 0 spiro atoms. The van der Waals surface area contributed by atoms with Gasteiger partial charge in [0.25, 0.3) is 5.91 Å². The highest BCUT2D eigenvalue weighted by molar-refractivity contribution is 7.07. The van der Waals surface area contributed by atoms with Crippen LogP contribution in [0.3, 0.4) is 0 Å². The minimum Gasteiger partial charge on any atom is -0.378 e. The first-order valence-corrected chi connectivity index (χ1v) is 7.82. The first kappa shape index (κ1) is 14.6. The van der Waals surface area contributed by atoms with Gasteiger partial charge in [-0.3, -0.25) is 4.79 Å². The monoisotopic (exact) mass is 288 g/mol. The van der Waals surface area contributed by atoms with Crippen LogP contribution in [0.25, 0.3) is 0 Å². The Kier molecular flexibility index (Phi) is 5.18. The lowest BCUT2D eigenvalue weighted by Crippen LogP contribution is -2.24. The standard InChI is InChI=1S/C16H20N2OS/c1-3-8-17-16(19)13-5-4-6-15(10-13)18-12(2)14-7-9-20-11-14/h4-7,9-12,18H,3,8H2,1-2H3,(H,17,19). The van der Waals surface area contributed by atoms with Gasteiger partial charge in [0.05, 0.1) is 0 Å². The van der Waals surface area contributed by atoms with Crippen molar-refractivity contribution in [1.82, 2.24) is 5.32 Å². The normalized spacial score (nSPS) is 11.9. The molecule has 1 atom stereocenters. The van der Waals surface area contributed by atoms with E-state index in [4.69, 9.17) is 0 Å². The summed E-state index contributed by atoms with van der Waals surface area (Å²) in [5, 5.41) is 10.5. The Morgan fingerprint density at radius 1 is 1.35 bits per heavy atom. The van der Waals surface area contributed by atoms with E-state index < -0.39 is 0 Å². The van der Waals surface area contributed by atoms with Crippen LogP contribution < -0.4 is 10.6 Å². The molecule has 0 fully saturated rings. The maximum Gasteiger partial charge on any atom is 0.251 e. The highest BCUT2D eigenvalue weighted by Crippen LogP contribution is 2.21. The summed E-state index contributed by atoms with van der Waals surface area (Å²) in [4.78, 5) is 11.9. The molecular formula is C16H20N2OS. The molecule has 1 amide bonds. The second-order valence-electron chi connectivity index (χ2n) is 4.76. The Balaban J connectivity index is 2.04. The molecule has 2 N–H and O–H groups in total. The van der Waals surface area contributed by atoms with Gasteiger partial charge in [-0.2, -0.15) is 11.3 Å². The van der Waals surface area contributed by atoms with E-state index in [1.54, 1.807) is 11.3 Å². The molecule has 1 heterocycles. The molecule has 20 heavy (non-hydrogen) atoms. The summed E-state index contributed by atoms with van der Waals surface area (Å²) < 4.78 is 0. The Morgan fingerprint density at radius 3 is 2.90 bits per heavy atom. The molecule has 2 rings (SSSR count). The number of carbonyl (C=O) groups excluding carboxylic acids is 1. The van der Waals surface area contributed by atoms with E-state index in [0.29, 0.717) is 12.1 Å². The predicted molar refractivity (Wildman–Crippen MR) is 85.4 cm³/mol. The van der Waals surface area contributed by atoms with Crippen molar-refractivity contribution in [2.75, 3.05) is 11.9 Å². The average Bonchev–Trinajstić information content (AvgIpc) is 2.99. The number of amides is 1. The largest absolute Gasteiger partial charge is 0.378 e. The SMILES string of the molecule is CCCNC(=O)c1cccc(NC(C)c2ccsc2)c1. The predicted octanol–water partition coefficient (Wildman–Crippen LogP) is 4.06. The molecule has 0 aliphatic heterocycles. The maximum atomic E-state index is 11.9. The van der Waals surface area contributed by atoms with Gasteiger partial charge in [-0.15, -0.1) is 0 Å². The number of anilines is 1. The van der Waals surface area contributed by atoms with E-state index in [1.807, 2.05) is 31.2 Å². The van der Waals surface area contributed by atoms with Crippen molar-refractivity contribution in [3.05, 3.63) is 52.2 Å². The van der Waals surface area contributed by atoms with Gasteiger partial charge >= 0.3 is 0 Å². The fourth-order valence-electron chi connectivity index (χ4n) is 1.95. The van der Waals surface area contributed by atoms with Gasteiger partial charge in [-0.1, -0.05) is 13.0 Å². The molecule has 0 radical (unpaired) electrons. The summed E-state index contributed by atoms with van der Waals surface area (Å²) in [7, 11) is 0. The van der Waals surface area contributed by atoms with Crippen LogP contribution in [0.5, 0.6) is 0 Å². The number of thiophene rings is 1. The number of carbonyl (C=O) groups is 1. The molecule has 4 heteroatoms. The minimum absolute atomic E-state index is 0.0151. The van der Waals surface area contributed by atoms with Gasteiger partial charge in [-0.05, 0) is 53.9 Å². The average molecular weight is 288 g/mol. The Bertz CT molecular complexity index is 551. The molecule has 0 aliphatic carbocycles. The van der Waals surface area contributed by atoms with E-state index in [0.717, 1.165) is 12.1 Å². The van der Waals surface area contributed by atoms with Crippen molar-refractivity contribution >= 4 is 22.9 Å². The quantitative estimate of drug-likeness (QED) is 0.841. The third-order valence-corrected chi connectivity index (χ3v) is 3.79. The maximum absolute atomic E-state index is 11.9. The molecule has 0 bridgehead atoms. The van der Waals surface area contributed by atoms with Gasteiger partial charge in [0.1, 0.15) is 0 Å². The molecule has 0 aliphatic rings. The number of nitrogens with one attached hydrogen (secondary N) is 2. The lowest BCUT2D eigenvalue weighted by Gasteiger charge is -2.15. The zero-order valence-corrected chi connectivity index (χ0v) is 12.7. The van der Waals surface area contributed by atoms with Crippen LogP contribution in [0.2, 0.25) is 0 Å². The molecule has 3 nitrogen and oxygen atoms in total. The molecule has 2 aromatic rings. The molecule has 1 unspecified atom stereocenters. The lowest BCUT2D eigenvalue weighted by atomic mass is 10.1. The highest BCUT2D eigenvalue weighted by Gasteiger charge is 2.08. The number of hydrogen-bond acceptors (Lipinski definition) is 3. The number of rotatable bonds is 6. The lowest BCUT2D eigenvalue weighted by molar-refractivity contribution is 0.0953. The second-order valence-corrected chi connectivity index (χ2v) is 5.54. The minimum atomic E-state index is -0.0151. The summed E-state index contributed by atoms with van der Waals surface area (Å²) in [6.45, 7) is 4.87. The summed E-state index contributed by atoms with van der Waals surface area (Å²) in [6.07, 6.45) is 0.943. The first-order valence-electron chi connectivity index (χ1n) is 6.87. The van der Waals surface area contributed by atoms with Crippen LogP contribution >= 0.6 is 11.3 Å². The summed E-state index contributed by atoms with van der Waals surface area (Å²) >= 11 is 1.69. The zero-order chi connectivity index (χ0) is 14.4. The van der Waals surface area contributed by atoms with Crippen LogP contribution in [0.1, 0.15) is 42.2 Å². The number of benzene rings is 1. The van der Waals surface area contributed by atoms with E-state index in [-0.39, 0.29) is 11.9 Å². The zero-order valence-electron chi connectivity index (χ0n) is 11.8.